The van der Waals surface area contributed by atoms with Crippen LogP contribution in [0.4, 0.5) is 19.1 Å². The number of benzene rings is 2. The first-order chi connectivity index (χ1) is 20.2. The van der Waals surface area contributed by atoms with E-state index in [1.165, 1.54) is 21.6 Å². The zero-order valence-electron chi connectivity index (χ0n) is 23.9. The highest BCUT2D eigenvalue weighted by molar-refractivity contribution is 9.10. The van der Waals surface area contributed by atoms with Crippen molar-refractivity contribution in [1.29, 1.82) is 0 Å². The molecule has 2 N–H and O–H groups in total. The molecule has 4 aromatic rings. The maximum atomic E-state index is 14.1. The Bertz CT molecular complexity index is 1780. The van der Waals surface area contributed by atoms with Gasteiger partial charge in [-0.1, -0.05) is 34.1 Å². The van der Waals surface area contributed by atoms with Gasteiger partial charge in [-0.15, -0.1) is 6.58 Å². The maximum Gasteiger partial charge on any atom is 0.417 e. The molecule has 1 aliphatic rings. The Morgan fingerprint density at radius 3 is 2.47 bits per heavy atom. The van der Waals surface area contributed by atoms with E-state index in [0.29, 0.717) is 22.6 Å². The van der Waals surface area contributed by atoms with E-state index in [-0.39, 0.29) is 34.5 Å². The average molecular weight is 657 g/mol. The van der Waals surface area contributed by atoms with Crippen molar-refractivity contribution in [2.75, 3.05) is 5.32 Å². The summed E-state index contributed by atoms with van der Waals surface area (Å²) in [6.45, 7) is 11.2. The van der Waals surface area contributed by atoms with Crippen LogP contribution in [0.5, 0.6) is 0 Å². The Hall–Kier alpha value is -4.26. The first kappa shape index (κ1) is 30.2. The third-order valence-corrected chi connectivity index (χ3v) is 8.15. The molecule has 0 saturated carbocycles. The fraction of sp³-hybridized carbons (Fsp3) is 0.300. The van der Waals surface area contributed by atoms with Crippen LogP contribution in [0.25, 0.3) is 16.9 Å². The molecule has 5 rings (SSSR count). The summed E-state index contributed by atoms with van der Waals surface area (Å²) in [6, 6.07) is 10.2. The summed E-state index contributed by atoms with van der Waals surface area (Å²) in [4.78, 5) is 33.8. The average Bonchev–Trinajstić information content (AvgIpc) is 3.38. The molecule has 1 amide bonds. The molecule has 224 valence electrons. The van der Waals surface area contributed by atoms with Gasteiger partial charge in [-0.2, -0.15) is 28.6 Å². The summed E-state index contributed by atoms with van der Waals surface area (Å²) >= 11 is 2.92. The summed E-state index contributed by atoms with van der Waals surface area (Å²) in [5.41, 5.74) is 1.62. The monoisotopic (exact) mass is 655 g/mol. The van der Waals surface area contributed by atoms with Crippen LogP contribution >= 0.6 is 15.9 Å². The van der Waals surface area contributed by atoms with Crippen LogP contribution in [-0.2, 0) is 19.1 Å². The molecule has 1 aliphatic heterocycles. The number of amides is 1. The van der Waals surface area contributed by atoms with Crippen molar-refractivity contribution in [3.05, 3.63) is 98.0 Å². The zero-order chi connectivity index (χ0) is 31.3. The molecular weight excluding hydrogens is 627 g/mol. The molecule has 0 saturated heterocycles. The third-order valence-electron chi connectivity index (χ3n) is 7.46. The maximum absolute atomic E-state index is 14.1. The number of carbonyl (C=O) groups is 1. The Morgan fingerprint density at radius 2 is 1.86 bits per heavy atom. The predicted molar refractivity (Wildman–Crippen MR) is 160 cm³/mol. The number of alkyl halides is 3. The predicted octanol–water partition coefficient (Wildman–Crippen LogP) is 6.07. The molecular formula is C30H29BrF3N7O2. The van der Waals surface area contributed by atoms with E-state index in [4.69, 9.17) is 4.98 Å². The van der Waals surface area contributed by atoms with Crippen molar-refractivity contribution in [2.24, 2.45) is 0 Å². The number of aromatic amines is 1. The lowest BCUT2D eigenvalue weighted by Gasteiger charge is -2.35. The lowest BCUT2D eigenvalue weighted by molar-refractivity contribution is -0.138. The number of hydrogen-bond acceptors (Lipinski definition) is 6. The molecule has 13 heteroatoms. The van der Waals surface area contributed by atoms with Gasteiger partial charge in [0.1, 0.15) is 5.69 Å². The molecule has 2 aromatic carbocycles. The molecule has 43 heavy (non-hydrogen) atoms. The van der Waals surface area contributed by atoms with Crippen molar-refractivity contribution < 1.29 is 18.0 Å². The smallest absolute Gasteiger partial charge is 0.347 e. The zero-order valence-corrected chi connectivity index (χ0v) is 25.5. The van der Waals surface area contributed by atoms with Gasteiger partial charge < -0.3 is 10.2 Å². The van der Waals surface area contributed by atoms with E-state index in [9.17, 15) is 22.8 Å². The van der Waals surface area contributed by atoms with Crippen LogP contribution in [0.15, 0.2) is 64.4 Å². The first-order valence-electron chi connectivity index (χ1n) is 13.4. The fourth-order valence-electron chi connectivity index (χ4n) is 4.96. The second kappa shape index (κ2) is 11.1. The molecule has 3 heterocycles. The lowest BCUT2D eigenvalue weighted by Crippen LogP contribution is -2.46. The largest absolute Gasteiger partial charge is 0.417 e. The SMILES string of the molecule is C=CC(C)(C)Nc1nc2c(c(=O)n1-c1ccc(-c3n[nH]nc3C)cc1)CC(C)N(C(=O)c1ccc(Br)c(C(F)(F)F)c1)C2. The van der Waals surface area contributed by atoms with E-state index in [0.717, 1.165) is 17.3 Å². The first-order valence-corrected chi connectivity index (χ1v) is 14.2. The van der Waals surface area contributed by atoms with E-state index >= 15 is 0 Å². The number of carbonyl (C=O) groups excluding carboxylic acids is 1. The number of H-pyrrole nitrogens is 1. The van der Waals surface area contributed by atoms with E-state index in [1.54, 1.807) is 25.1 Å². The minimum atomic E-state index is -4.63. The van der Waals surface area contributed by atoms with Gasteiger partial charge in [0.15, 0.2) is 0 Å². The second-order valence-electron chi connectivity index (χ2n) is 11.0. The lowest BCUT2D eigenvalue weighted by atomic mass is 9.98. The van der Waals surface area contributed by atoms with Crippen LogP contribution in [-0.4, -0.2) is 47.3 Å². The Labute approximate surface area is 254 Å². The molecule has 1 unspecified atom stereocenters. The Balaban J connectivity index is 1.56. The molecule has 0 radical (unpaired) electrons. The summed E-state index contributed by atoms with van der Waals surface area (Å²) in [5, 5.41) is 14.1. The summed E-state index contributed by atoms with van der Waals surface area (Å²) in [5.74, 6) is -0.342. The minimum Gasteiger partial charge on any atom is -0.347 e. The van der Waals surface area contributed by atoms with Crippen molar-refractivity contribution in [3.63, 3.8) is 0 Å². The number of fused-ring (bicyclic) bond motifs is 1. The van der Waals surface area contributed by atoms with E-state index < -0.39 is 29.2 Å². The van der Waals surface area contributed by atoms with Gasteiger partial charge in [-0.3, -0.25) is 9.59 Å². The van der Waals surface area contributed by atoms with Crippen molar-refractivity contribution in [3.8, 4) is 16.9 Å². The van der Waals surface area contributed by atoms with Crippen LogP contribution in [0.3, 0.4) is 0 Å². The molecule has 2 aromatic heterocycles. The normalized spacial score (nSPS) is 15.3. The Kier molecular flexibility index (Phi) is 7.80. The van der Waals surface area contributed by atoms with Gasteiger partial charge >= 0.3 is 6.18 Å². The highest BCUT2D eigenvalue weighted by Gasteiger charge is 2.36. The molecule has 0 spiro atoms. The summed E-state index contributed by atoms with van der Waals surface area (Å²) < 4.78 is 41.9. The van der Waals surface area contributed by atoms with Gasteiger partial charge in [0.05, 0.1) is 34.7 Å². The van der Waals surface area contributed by atoms with Crippen LogP contribution < -0.4 is 10.9 Å². The standard InChI is InChI=1S/C30H29BrF3N7O2/c1-6-29(4,5)36-28-35-24-15-40(26(42)19-9-12-23(31)22(14-19)30(32,33)34)16(2)13-21(24)27(43)41(28)20-10-7-18(8-11-20)25-17(3)37-39-38-25/h6-12,14,16H,1,13,15H2,2-5H3,(H,35,36)(H,37,38,39). The number of aromatic nitrogens is 5. The van der Waals surface area contributed by atoms with Gasteiger partial charge in [0.25, 0.3) is 11.5 Å². The molecule has 9 nitrogen and oxygen atoms in total. The molecule has 0 bridgehead atoms. The second-order valence-corrected chi connectivity index (χ2v) is 11.9. The fourth-order valence-corrected chi connectivity index (χ4v) is 5.43. The number of hydrogen-bond donors (Lipinski definition) is 2. The highest BCUT2D eigenvalue weighted by atomic mass is 79.9. The van der Waals surface area contributed by atoms with E-state index in [2.05, 4.69) is 43.2 Å². The summed E-state index contributed by atoms with van der Waals surface area (Å²) in [6.07, 6.45) is -2.77. The van der Waals surface area contributed by atoms with Crippen LogP contribution in [0.2, 0.25) is 0 Å². The molecule has 0 aliphatic carbocycles. The third kappa shape index (κ3) is 5.85. The van der Waals surface area contributed by atoms with Crippen LogP contribution in [0, 0.1) is 6.92 Å². The van der Waals surface area contributed by atoms with Crippen molar-refractivity contribution in [2.45, 2.75) is 58.4 Å². The van der Waals surface area contributed by atoms with Gasteiger partial charge in [-0.05, 0) is 64.4 Å². The molecule has 0 fully saturated rings. The number of rotatable bonds is 6. The number of halogens is 4. The topological polar surface area (TPSA) is 109 Å². The summed E-state index contributed by atoms with van der Waals surface area (Å²) in [7, 11) is 0. The number of nitrogens with one attached hydrogen (secondary N) is 2. The number of aryl methyl sites for hydroxylation is 1. The quantitative estimate of drug-likeness (QED) is 0.244. The Morgan fingerprint density at radius 1 is 1.16 bits per heavy atom. The van der Waals surface area contributed by atoms with Gasteiger partial charge in [0.2, 0.25) is 5.95 Å². The number of anilines is 1. The van der Waals surface area contributed by atoms with E-state index in [1.807, 2.05) is 32.9 Å². The highest BCUT2D eigenvalue weighted by Crippen LogP contribution is 2.36. The molecule has 1 atom stereocenters. The minimum absolute atomic E-state index is 0.0452. The van der Waals surface area contributed by atoms with Gasteiger partial charge in [-0.25, -0.2) is 9.55 Å². The van der Waals surface area contributed by atoms with Crippen molar-refractivity contribution >= 4 is 27.8 Å². The van der Waals surface area contributed by atoms with Gasteiger partial charge in [0, 0.05) is 27.2 Å². The van der Waals surface area contributed by atoms with Crippen molar-refractivity contribution in [1.82, 2.24) is 29.9 Å². The number of nitrogens with zero attached hydrogens (tertiary/aromatic N) is 5. The van der Waals surface area contributed by atoms with Crippen LogP contribution in [0.1, 0.15) is 53.6 Å².